The van der Waals surface area contributed by atoms with Crippen molar-refractivity contribution in [3.63, 3.8) is 0 Å². The molecule has 0 fully saturated rings. The maximum Gasteiger partial charge on any atom is 0.243 e. The Bertz CT molecular complexity index is 887. The molecule has 0 saturated carbocycles. The number of amides is 1. The predicted octanol–water partition coefficient (Wildman–Crippen LogP) is 2.10. The van der Waals surface area contributed by atoms with Gasteiger partial charge in [-0.05, 0) is 31.2 Å². The normalized spacial score (nSPS) is 12.1. The van der Waals surface area contributed by atoms with Gasteiger partial charge >= 0.3 is 0 Å². The molecule has 0 unspecified atom stereocenters. The number of ether oxygens (including phenoxy) is 1. The average Bonchev–Trinajstić information content (AvgIpc) is 2.67. The van der Waals surface area contributed by atoms with E-state index in [4.69, 9.17) is 4.74 Å². The Hall–Kier alpha value is -2.74. The van der Waals surface area contributed by atoms with Gasteiger partial charge in [0.2, 0.25) is 15.9 Å². The molecule has 1 N–H and O–H groups in total. The molecule has 0 spiro atoms. The van der Waals surface area contributed by atoms with Gasteiger partial charge in [-0.25, -0.2) is 8.42 Å². The Morgan fingerprint density at radius 3 is 2.36 bits per heavy atom. The van der Waals surface area contributed by atoms with Crippen LogP contribution in [0.4, 0.5) is 11.4 Å². The first-order chi connectivity index (χ1) is 13.2. The first kappa shape index (κ1) is 21.6. The van der Waals surface area contributed by atoms with Crippen LogP contribution < -0.4 is 19.3 Å². The van der Waals surface area contributed by atoms with Crippen molar-refractivity contribution < 1.29 is 17.9 Å². The summed E-state index contributed by atoms with van der Waals surface area (Å²) in [5.41, 5.74) is 1.42. The Morgan fingerprint density at radius 2 is 1.75 bits per heavy atom. The highest BCUT2D eigenvalue weighted by Gasteiger charge is 2.29. The predicted molar refractivity (Wildman–Crippen MR) is 113 cm³/mol. The van der Waals surface area contributed by atoms with Crippen molar-refractivity contribution in [2.45, 2.75) is 13.0 Å². The van der Waals surface area contributed by atoms with E-state index < -0.39 is 16.1 Å². The van der Waals surface area contributed by atoms with Gasteiger partial charge < -0.3 is 15.0 Å². The summed E-state index contributed by atoms with van der Waals surface area (Å²) in [6, 6.07) is 15.5. The molecule has 28 heavy (non-hydrogen) atoms. The summed E-state index contributed by atoms with van der Waals surface area (Å²) >= 11 is 0. The van der Waals surface area contributed by atoms with Crippen LogP contribution in [0.2, 0.25) is 0 Å². The number of nitrogens with zero attached hydrogens (tertiary/aromatic N) is 2. The maximum atomic E-state index is 12.6. The van der Waals surface area contributed by atoms with E-state index in [0.29, 0.717) is 24.5 Å². The molecular weight excluding hydrogens is 378 g/mol. The van der Waals surface area contributed by atoms with Gasteiger partial charge in [0.25, 0.3) is 0 Å². The Balaban J connectivity index is 2.05. The van der Waals surface area contributed by atoms with E-state index in [-0.39, 0.29) is 5.91 Å². The zero-order valence-electron chi connectivity index (χ0n) is 16.6. The van der Waals surface area contributed by atoms with E-state index in [0.717, 1.165) is 16.2 Å². The monoisotopic (exact) mass is 405 g/mol. The minimum Gasteiger partial charge on any atom is -0.497 e. The first-order valence-electron chi connectivity index (χ1n) is 8.91. The van der Waals surface area contributed by atoms with Gasteiger partial charge in [0.15, 0.2) is 0 Å². The average molecular weight is 406 g/mol. The minimum absolute atomic E-state index is 0.366. The Labute approximate surface area is 167 Å². The second kappa shape index (κ2) is 9.45. The van der Waals surface area contributed by atoms with Crippen LogP contribution in [0.15, 0.2) is 54.6 Å². The first-order valence-corrected chi connectivity index (χ1v) is 10.8. The third-order valence-electron chi connectivity index (χ3n) is 4.34. The van der Waals surface area contributed by atoms with Crippen LogP contribution in [0.1, 0.15) is 6.92 Å². The number of hydrogen-bond donors (Lipinski definition) is 1. The minimum atomic E-state index is -3.67. The maximum absolute atomic E-state index is 12.6. The Kier molecular flexibility index (Phi) is 7.28. The molecule has 152 valence electrons. The van der Waals surface area contributed by atoms with Crippen LogP contribution in [-0.4, -0.2) is 53.9 Å². The zero-order chi connectivity index (χ0) is 20.7. The molecular formula is C20H27N3O4S. The van der Waals surface area contributed by atoms with Crippen molar-refractivity contribution in [2.24, 2.45) is 0 Å². The third kappa shape index (κ3) is 5.63. The van der Waals surface area contributed by atoms with Crippen molar-refractivity contribution >= 4 is 27.3 Å². The molecule has 0 saturated heterocycles. The number of benzene rings is 2. The van der Waals surface area contributed by atoms with Gasteiger partial charge in [0.1, 0.15) is 11.8 Å². The van der Waals surface area contributed by atoms with Crippen LogP contribution in [0.5, 0.6) is 5.75 Å². The van der Waals surface area contributed by atoms with E-state index in [1.54, 1.807) is 31.2 Å². The highest BCUT2D eigenvalue weighted by molar-refractivity contribution is 7.92. The molecule has 2 rings (SSSR count). The van der Waals surface area contributed by atoms with E-state index in [1.165, 1.54) is 7.11 Å². The standard InChI is InChI=1S/C20H27N3O4S/c1-16(20(24)21-13-14-22(2)17-9-6-5-7-10-17)23(28(4,25)26)18-11-8-12-19(15-18)27-3/h5-12,15-16H,13-14H2,1-4H3,(H,21,24)/t16-/m0/s1. The summed E-state index contributed by atoms with van der Waals surface area (Å²) in [7, 11) is -0.227. The number of sulfonamides is 1. The number of hydrogen-bond acceptors (Lipinski definition) is 5. The number of anilines is 2. The number of nitrogens with one attached hydrogen (secondary N) is 1. The van der Waals surface area contributed by atoms with Crippen LogP contribution in [0.25, 0.3) is 0 Å². The highest BCUT2D eigenvalue weighted by atomic mass is 32.2. The summed E-state index contributed by atoms with van der Waals surface area (Å²) in [6.45, 7) is 2.56. The van der Waals surface area contributed by atoms with Crippen molar-refractivity contribution in [1.82, 2.24) is 5.32 Å². The molecule has 0 aliphatic carbocycles. The number of para-hydroxylation sites is 1. The topological polar surface area (TPSA) is 79.0 Å². The van der Waals surface area contributed by atoms with Gasteiger partial charge in [-0.15, -0.1) is 0 Å². The lowest BCUT2D eigenvalue weighted by Gasteiger charge is -2.28. The fourth-order valence-electron chi connectivity index (χ4n) is 2.86. The second-order valence-corrected chi connectivity index (χ2v) is 8.34. The molecule has 0 radical (unpaired) electrons. The lowest BCUT2D eigenvalue weighted by Crippen LogP contribution is -2.49. The number of carbonyl (C=O) groups is 1. The summed E-state index contributed by atoms with van der Waals surface area (Å²) in [4.78, 5) is 14.6. The lowest BCUT2D eigenvalue weighted by molar-refractivity contribution is -0.121. The largest absolute Gasteiger partial charge is 0.497 e. The van der Waals surface area contributed by atoms with Gasteiger partial charge in [-0.3, -0.25) is 9.10 Å². The molecule has 8 heteroatoms. The van der Waals surface area contributed by atoms with Crippen molar-refractivity contribution in [3.05, 3.63) is 54.6 Å². The molecule has 1 atom stereocenters. The third-order valence-corrected chi connectivity index (χ3v) is 5.58. The Morgan fingerprint density at radius 1 is 1.11 bits per heavy atom. The highest BCUT2D eigenvalue weighted by Crippen LogP contribution is 2.25. The second-order valence-electron chi connectivity index (χ2n) is 6.48. The lowest BCUT2D eigenvalue weighted by atomic mass is 10.2. The molecule has 0 aliphatic heterocycles. The van der Waals surface area contributed by atoms with Crippen LogP contribution in [-0.2, 0) is 14.8 Å². The summed E-state index contributed by atoms with van der Waals surface area (Å²) in [5.74, 6) is 0.151. The summed E-state index contributed by atoms with van der Waals surface area (Å²) < 4.78 is 30.9. The molecule has 0 heterocycles. The van der Waals surface area contributed by atoms with E-state index >= 15 is 0 Å². The van der Waals surface area contributed by atoms with Crippen LogP contribution in [0, 0.1) is 0 Å². The molecule has 0 aliphatic rings. The van der Waals surface area contributed by atoms with Gasteiger partial charge in [-0.2, -0.15) is 0 Å². The zero-order valence-corrected chi connectivity index (χ0v) is 17.4. The van der Waals surface area contributed by atoms with Crippen LogP contribution >= 0.6 is 0 Å². The quantitative estimate of drug-likeness (QED) is 0.691. The molecule has 2 aromatic rings. The van der Waals surface area contributed by atoms with Gasteiger partial charge in [0.05, 0.1) is 19.1 Å². The van der Waals surface area contributed by atoms with Crippen molar-refractivity contribution in [3.8, 4) is 5.75 Å². The smallest absolute Gasteiger partial charge is 0.243 e. The molecule has 0 bridgehead atoms. The number of methoxy groups -OCH3 is 1. The van der Waals surface area contributed by atoms with E-state index in [9.17, 15) is 13.2 Å². The molecule has 7 nitrogen and oxygen atoms in total. The van der Waals surface area contributed by atoms with Gasteiger partial charge in [0, 0.05) is 31.9 Å². The summed E-state index contributed by atoms with van der Waals surface area (Å²) in [5, 5.41) is 2.82. The van der Waals surface area contributed by atoms with Gasteiger partial charge in [-0.1, -0.05) is 24.3 Å². The summed E-state index contributed by atoms with van der Waals surface area (Å²) in [6.07, 6.45) is 1.08. The van der Waals surface area contributed by atoms with Crippen molar-refractivity contribution in [1.29, 1.82) is 0 Å². The molecule has 0 aromatic heterocycles. The fraction of sp³-hybridized carbons (Fsp3) is 0.350. The number of rotatable bonds is 9. The fourth-order valence-corrected chi connectivity index (χ4v) is 4.03. The number of likely N-dealkylation sites (N-methyl/N-ethyl adjacent to an activating group) is 1. The van der Waals surface area contributed by atoms with Crippen LogP contribution in [0.3, 0.4) is 0 Å². The van der Waals surface area contributed by atoms with E-state index in [1.807, 2.05) is 42.3 Å². The number of carbonyl (C=O) groups excluding carboxylic acids is 1. The van der Waals surface area contributed by atoms with E-state index in [2.05, 4.69) is 5.32 Å². The van der Waals surface area contributed by atoms with Crippen molar-refractivity contribution in [2.75, 3.05) is 42.7 Å². The molecule has 2 aromatic carbocycles. The molecule has 1 amide bonds. The SMILES string of the molecule is COc1cccc(N([C@@H](C)C(=O)NCCN(C)c2ccccc2)S(C)(=O)=O)c1.